The molecule has 132 valence electrons. The number of fused-ring (bicyclic) bond motifs is 1. The van der Waals surface area contributed by atoms with Crippen LogP contribution in [0.2, 0.25) is 0 Å². The third kappa shape index (κ3) is 4.57. The standard InChI is InChI=1S/C18H19NO5S/c20-6-2-1-3-17-19-14(10-25-17)7-13(9-18(21)22)12-4-5-15-16(8-12)24-11-23-15/h4-6,8,10,13H,1-3,7,9,11H2,(H,21,22)/p-1. The molecule has 0 aliphatic carbocycles. The Morgan fingerprint density at radius 2 is 2.20 bits per heavy atom. The third-order valence-corrected chi connectivity index (χ3v) is 5.01. The highest BCUT2D eigenvalue weighted by Gasteiger charge is 2.19. The zero-order valence-electron chi connectivity index (χ0n) is 13.6. The topological polar surface area (TPSA) is 88.6 Å². The molecular formula is C18H18NO5S-. The van der Waals surface area contributed by atoms with E-state index in [0.29, 0.717) is 24.3 Å². The number of aromatic nitrogens is 1. The van der Waals surface area contributed by atoms with Crippen LogP contribution in [0.15, 0.2) is 23.6 Å². The maximum Gasteiger partial charge on any atom is 0.231 e. The van der Waals surface area contributed by atoms with Crippen molar-refractivity contribution in [1.29, 1.82) is 0 Å². The molecule has 0 amide bonds. The van der Waals surface area contributed by atoms with Crippen molar-refractivity contribution >= 4 is 23.6 Å². The molecule has 1 aliphatic rings. The summed E-state index contributed by atoms with van der Waals surface area (Å²) in [6, 6.07) is 5.48. The van der Waals surface area contributed by atoms with Gasteiger partial charge in [0, 0.05) is 17.8 Å². The molecule has 2 heterocycles. The van der Waals surface area contributed by atoms with Crippen LogP contribution in [0.25, 0.3) is 0 Å². The van der Waals surface area contributed by atoms with E-state index in [0.717, 1.165) is 35.4 Å². The molecule has 1 aromatic heterocycles. The van der Waals surface area contributed by atoms with Crippen molar-refractivity contribution in [2.75, 3.05) is 6.79 Å². The van der Waals surface area contributed by atoms with Crippen LogP contribution in [-0.2, 0) is 22.4 Å². The fourth-order valence-corrected chi connectivity index (χ4v) is 3.68. The van der Waals surface area contributed by atoms with Gasteiger partial charge >= 0.3 is 0 Å². The molecule has 0 saturated heterocycles. The number of thiazole rings is 1. The van der Waals surface area contributed by atoms with Crippen LogP contribution in [0.1, 0.15) is 41.4 Å². The maximum atomic E-state index is 11.2. The molecule has 0 N–H and O–H groups in total. The van der Waals surface area contributed by atoms with Gasteiger partial charge < -0.3 is 24.2 Å². The van der Waals surface area contributed by atoms with Crippen molar-refractivity contribution in [3.63, 3.8) is 0 Å². The first-order chi connectivity index (χ1) is 12.2. The quantitative estimate of drug-likeness (QED) is 0.501. The van der Waals surface area contributed by atoms with Gasteiger partial charge in [0.2, 0.25) is 6.79 Å². The van der Waals surface area contributed by atoms with E-state index in [4.69, 9.17) is 9.47 Å². The number of carboxylic acids is 1. The fraction of sp³-hybridized carbons (Fsp3) is 0.389. The number of aryl methyl sites for hydroxylation is 1. The number of carboxylic acid groups (broad SMARTS) is 1. The summed E-state index contributed by atoms with van der Waals surface area (Å²) in [6.07, 6.45) is 3.40. The van der Waals surface area contributed by atoms with Crippen LogP contribution < -0.4 is 14.6 Å². The van der Waals surface area contributed by atoms with Gasteiger partial charge in [-0.2, -0.15) is 0 Å². The highest BCUT2D eigenvalue weighted by atomic mass is 32.1. The molecule has 6 nitrogen and oxygen atoms in total. The smallest absolute Gasteiger partial charge is 0.231 e. The Labute approximate surface area is 149 Å². The van der Waals surface area contributed by atoms with Crippen LogP contribution in [0.3, 0.4) is 0 Å². The SMILES string of the molecule is O=CCCCc1nc(CC(CC(=O)[O-])c2ccc3c(c2)OCO3)cs1. The first kappa shape index (κ1) is 17.4. The summed E-state index contributed by atoms with van der Waals surface area (Å²) < 4.78 is 10.7. The van der Waals surface area contributed by atoms with Gasteiger partial charge in [-0.25, -0.2) is 4.98 Å². The number of aldehydes is 1. The normalized spacial score (nSPS) is 13.6. The number of nitrogens with zero attached hydrogens (tertiary/aromatic N) is 1. The van der Waals surface area contributed by atoms with E-state index in [1.54, 1.807) is 17.4 Å². The van der Waals surface area contributed by atoms with Crippen LogP contribution in [0.5, 0.6) is 11.5 Å². The summed E-state index contributed by atoms with van der Waals surface area (Å²) in [5.74, 6) is -0.0377. The first-order valence-corrected chi connectivity index (χ1v) is 9.00. The van der Waals surface area contributed by atoms with Gasteiger partial charge in [-0.3, -0.25) is 0 Å². The van der Waals surface area contributed by atoms with E-state index in [2.05, 4.69) is 4.98 Å². The first-order valence-electron chi connectivity index (χ1n) is 8.12. The Morgan fingerprint density at radius 1 is 1.36 bits per heavy atom. The minimum absolute atomic E-state index is 0.0857. The van der Waals surface area contributed by atoms with E-state index < -0.39 is 5.97 Å². The number of rotatable bonds is 9. The third-order valence-electron chi connectivity index (χ3n) is 4.05. The molecule has 1 atom stereocenters. The maximum absolute atomic E-state index is 11.2. The highest BCUT2D eigenvalue weighted by Crippen LogP contribution is 2.36. The Hall–Kier alpha value is -2.41. The minimum Gasteiger partial charge on any atom is -0.550 e. The minimum atomic E-state index is -1.09. The molecule has 0 radical (unpaired) electrons. The highest BCUT2D eigenvalue weighted by molar-refractivity contribution is 7.09. The van der Waals surface area contributed by atoms with E-state index >= 15 is 0 Å². The van der Waals surface area contributed by atoms with Crippen LogP contribution in [0, 0.1) is 0 Å². The lowest BCUT2D eigenvalue weighted by atomic mass is 9.91. The lowest BCUT2D eigenvalue weighted by molar-refractivity contribution is -0.306. The summed E-state index contributed by atoms with van der Waals surface area (Å²) in [7, 11) is 0. The van der Waals surface area contributed by atoms with Crippen molar-refractivity contribution in [1.82, 2.24) is 4.98 Å². The van der Waals surface area contributed by atoms with Gasteiger partial charge in [0.15, 0.2) is 11.5 Å². The molecule has 7 heteroatoms. The van der Waals surface area contributed by atoms with Gasteiger partial charge in [-0.1, -0.05) is 6.07 Å². The molecule has 1 aliphatic heterocycles. The fourth-order valence-electron chi connectivity index (χ4n) is 2.82. The number of hydrogen-bond acceptors (Lipinski definition) is 7. The van der Waals surface area contributed by atoms with E-state index in [1.165, 1.54) is 0 Å². The number of ether oxygens (including phenoxy) is 2. The lowest BCUT2D eigenvalue weighted by Gasteiger charge is -2.17. The zero-order valence-corrected chi connectivity index (χ0v) is 14.4. The average molecular weight is 360 g/mol. The number of carbonyl (C=O) groups is 2. The van der Waals surface area contributed by atoms with Crippen molar-refractivity contribution in [3.05, 3.63) is 39.8 Å². The van der Waals surface area contributed by atoms with E-state index in [9.17, 15) is 14.7 Å². The summed E-state index contributed by atoms with van der Waals surface area (Å²) in [5.41, 5.74) is 1.72. The second kappa shape index (κ2) is 8.11. The largest absolute Gasteiger partial charge is 0.550 e. The Morgan fingerprint density at radius 3 is 3.00 bits per heavy atom. The summed E-state index contributed by atoms with van der Waals surface area (Å²) in [5, 5.41) is 14.1. The molecule has 3 rings (SSSR count). The monoisotopic (exact) mass is 360 g/mol. The molecule has 1 aromatic carbocycles. The zero-order chi connectivity index (χ0) is 17.6. The van der Waals surface area contributed by atoms with E-state index in [-0.39, 0.29) is 19.1 Å². The average Bonchev–Trinajstić information content (AvgIpc) is 3.22. The number of unbranched alkanes of at least 4 members (excludes halogenated alkanes) is 1. The van der Waals surface area contributed by atoms with Crippen molar-refractivity contribution in [2.45, 2.75) is 38.0 Å². The second-order valence-corrected chi connectivity index (χ2v) is 6.82. The Kier molecular flexibility index (Phi) is 5.65. The van der Waals surface area contributed by atoms with Crippen LogP contribution in [0.4, 0.5) is 0 Å². The molecule has 0 bridgehead atoms. The molecule has 25 heavy (non-hydrogen) atoms. The number of benzene rings is 1. The number of aliphatic carboxylic acids is 1. The molecule has 0 fully saturated rings. The number of hydrogen-bond donors (Lipinski definition) is 0. The predicted molar refractivity (Wildman–Crippen MR) is 89.8 cm³/mol. The van der Waals surface area contributed by atoms with Gasteiger partial charge in [-0.05, 0) is 49.3 Å². The van der Waals surface area contributed by atoms with Crippen molar-refractivity contribution in [3.8, 4) is 11.5 Å². The molecule has 0 saturated carbocycles. The van der Waals surface area contributed by atoms with E-state index in [1.807, 2.05) is 17.5 Å². The molecule has 1 unspecified atom stereocenters. The van der Waals surface area contributed by atoms with Crippen molar-refractivity contribution < 1.29 is 24.2 Å². The molecule has 0 spiro atoms. The Balaban J connectivity index is 1.73. The van der Waals surface area contributed by atoms with Gasteiger partial charge in [0.05, 0.1) is 10.7 Å². The molecule has 2 aromatic rings. The van der Waals surface area contributed by atoms with Gasteiger partial charge in [-0.15, -0.1) is 11.3 Å². The summed E-state index contributed by atoms with van der Waals surface area (Å²) in [6.45, 7) is 0.181. The molecular weight excluding hydrogens is 342 g/mol. The van der Waals surface area contributed by atoms with Crippen LogP contribution in [-0.4, -0.2) is 24.0 Å². The number of carbonyl (C=O) groups excluding carboxylic acids is 2. The summed E-state index contributed by atoms with van der Waals surface area (Å²) in [4.78, 5) is 26.1. The van der Waals surface area contributed by atoms with Crippen molar-refractivity contribution in [2.24, 2.45) is 0 Å². The predicted octanol–water partition coefficient (Wildman–Crippen LogP) is 1.86. The lowest BCUT2D eigenvalue weighted by Crippen LogP contribution is -2.25. The second-order valence-electron chi connectivity index (χ2n) is 5.88. The Bertz CT molecular complexity index is 758. The summed E-state index contributed by atoms with van der Waals surface area (Å²) >= 11 is 1.54. The van der Waals surface area contributed by atoms with Gasteiger partial charge in [0.25, 0.3) is 0 Å². The van der Waals surface area contributed by atoms with Gasteiger partial charge in [0.1, 0.15) is 6.29 Å². The van der Waals surface area contributed by atoms with Crippen LogP contribution >= 0.6 is 11.3 Å².